The Bertz CT molecular complexity index is 528. The molecule has 0 radical (unpaired) electrons. The van der Waals surface area contributed by atoms with Crippen LogP contribution in [-0.2, 0) is 0 Å². The van der Waals surface area contributed by atoms with Crippen molar-refractivity contribution < 1.29 is 9.18 Å². The lowest BCUT2D eigenvalue weighted by Crippen LogP contribution is -2.05. The van der Waals surface area contributed by atoms with Gasteiger partial charge in [-0.2, -0.15) is 0 Å². The van der Waals surface area contributed by atoms with E-state index < -0.39 is 11.6 Å². The Balaban J connectivity index is 2.40. The van der Waals surface area contributed by atoms with E-state index in [2.05, 4.69) is 9.97 Å². The fraction of sp³-hybridized carbons (Fsp3) is 0. The molecule has 0 spiro atoms. The van der Waals surface area contributed by atoms with Crippen molar-refractivity contribution in [2.45, 2.75) is 0 Å². The van der Waals surface area contributed by atoms with Crippen LogP contribution in [0.3, 0.4) is 0 Å². The smallest absolute Gasteiger partial charge is 0.222 e. The van der Waals surface area contributed by atoms with Gasteiger partial charge in [0.1, 0.15) is 5.82 Å². The Morgan fingerprint density at radius 1 is 1.19 bits per heavy atom. The van der Waals surface area contributed by atoms with Crippen molar-refractivity contribution in [3.63, 3.8) is 0 Å². The maximum absolute atomic E-state index is 13.3. The molecule has 0 fully saturated rings. The number of benzene rings is 1. The van der Waals surface area contributed by atoms with Crippen LogP contribution in [0.25, 0.3) is 0 Å². The van der Waals surface area contributed by atoms with Gasteiger partial charge in [-0.3, -0.25) is 4.79 Å². The first-order valence-electron chi connectivity index (χ1n) is 4.45. The second-order valence-corrected chi connectivity index (χ2v) is 3.39. The molecule has 1 heterocycles. The summed E-state index contributed by atoms with van der Waals surface area (Å²) < 4.78 is 13.3. The molecular formula is C11H6ClFN2O. The van der Waals surface area contributed by atoms with Gasteiger partial charge in [0.25, 0.3) is 0 Å². The molecule has 0 bridgehead atoms. The maximum atomic E-state index is 13.3. The molecule has 0 atom stereocenters. The van der Waals surface area contributed by atoms with E-state index in [1.54, 1.807) is 6.07 Å². The highest BCUT2D eigenvalue weighted by atomic mass is 35.5. The van der Waals surface area contributed by atoms with Crippen LogP contribution in [0, 0.1) is 5.82 Å². The summed E-state index contributed by atoms with van der Waals surface area (Å²) in [5.74, 6) is -1.03. The van der Waals surface area contributed by atoms with Crippen molar-refractivity contribution in [2.75, 3.05) is 0 Å². The fourth-order valence-corrected chi connectivity index (χ4v) is 1.33. The second-order valence-electron chi connectivity index (χ2n) is 3.05. The van der Waals surface area contributed by atoms with E-state index in [0.29, 0.717) is 0 Å². The number of hydrogen-bond acceptors (Lipinski definition) is 3. The molecule has 0 unspecified atom stereocenters. The number of carbonyl (C=O) groups excluding carboxylic acids is 1. The molecule has 1 aromatic heterocycles. The van der Waals surface area contributed by atoms with E-state index in [1.807, 2.05) is 0 Å². The zero-order valence-corrected chi connectivity index (χ0v) is 8.78. The van der Waals surface area contributed by atoms with Crippen LogP contribution in [0.5, 0.6) is 0 Å². The minimum absolute atomic E-state index is 0.00609. The predicted molar refractivity (Wildman–Crippen MR) is 56.9 cm³/mol. The number of rotatable bonds is 2. The molecule has 2 aromatic rings. The quantitative estimate of drug-likeness (QED) is 0.594. The van der Waals surface area contributed by atoms with Crippen LogP contribution in [0.4, 0.5) is 4.39 Å². The van der Waals surface area contributed by atoms with Crippen molar-refractivity contribution in [2.24, 2.45) is 0 Å². The third-order valence-corrected chi connectivity index (χ3v) is 2.20. The van der Waals surface area contributed by atoms with E-state index in [9.17, 15) is 9.18 Å². The molecular weight excluding hydrogens is 231 g/mol. The molecule has 0 saturated heterocycles. The van der Waals surface area contributed by atoms with Gasteiger partial charge in [-0.1, -0.05) is 12.1 Å². The highest BCUT2D eigenvalue weighted by Crippen LogP contribution is 2.12. The Kier molecular flexibility index (Phi) is 2.92. The largest absolute Gasteiger partial charge is 0.288 e. The number of nitrogens with zero attached hydrogens (tertiary/aromatic N) is 2. The van der Waals surface area contributed by atoms with E-state index in [0.717, 1.165) is 0 Å². The van der Waals surface area contributed by atoms with Gasteiger partial charge in [-0.25, -0.2) is 14.4 Å². The van der Waals surface area contributed by atoms with Crippen molar-refractivity contribution in [1.29, 1.82) is 0 Å². The first-order chi connectivity index (χ1) is 7.68. The average molecular weight is 237 g/mol. The summed E-state index contributed by atoms with van der Waals surface area (Å²) in [6.45, 7) is 0. The number of aromatic nitrogens is 2. The molecule has 0 aliphatic heterocycles. The van der Waals surface area contributed by atoms with E-state index >= 15 is 0 Å². The lowest BCUT2D eigenvalue weighted by Gasteiger charge is -2.01. The molecule has 0 amide bonds. The Morgan fingerprint density at radius 2 is 1.81 bits per heavy atom. The van der Waals surface area contributed by atoms with Gasteiger partial charge < -0.3 is 0 Å². The molecule has 1 aromatic carbocycles. The minimum atomic E-state index is -0.567. The topological polar surface area (TPSA) is 42.9 Å². The molecule has 3 nitrogen and oxygen atoms in total. The standard InChI is InChI=1S/C11H6ClFN2O/c12-11-14-5-7(6-15-11)10(16)8-3-1-2-4-9(8)13/h1-6H. The van der Waals surface area contributed by atoms with Crippen molar-refractivity contribution in [3.8, 4) is 0 Å². The maximum Gasteiger partial charge on any atom is 0.222 e. The summed E-state index contributed by atoms with van der Waals surface area (Å²) in [5.41, 5.74) is 0.197. The molecule has 0 saturated carbocycles. The molecule has 2 rings (SSSR count). The van der Waals surface area contributed by atoms with Gasteiger partial charge >= 0.3 is 0 Å². The summed E-state index contributed by atoms with van der Waals surface area (Å²) in [6.07, 6.45) is 2.54. The summed E-state index contributed by atoms with van der Waals surface area (Å²) in [4.78, 5) is 19.1. The lowest BCUT2D eigenvalue weighted by atomic mass is 10.1. The van der Waals surface area contributed by atoms with Crippen LogP contribution in [-0.4, -0.2) is 15.8 Å². The zero-order valence-electron chi connectivity index (χ0n) is 8.02. The molecule has 0 N–H and O–H groups in total. The van der Waals surface area contributed by atoms with Gasteiger partial charge in [0.05, 0.1) is 11.1 Å². The molecule has 0 aliphatic carbocycles. The van der Waals surface area contributed by atoms with Gasteiger partial charge in [-0.05, 0) is 23.7 Å². The van der Waals surface area contributed by atoms with Gasteiger partial charge in [-0.15, -0.1) is 0 Å². The number of carbonyl (C=O) groups is 1. The van der Waals surface area contributed by atoms with Gasteiger partial charge in [0, 0.05) is 12.4 Å². The Morgan fingerprint density at radius 3 is 2.44 bits per heavy atom. The fourth-order valence-electron chi connectivity index (χ4n) is 1.23. The molecule has 80 valence electrons. The van der Waals surface area contributed by atoms with Crippen LogP contribution in [0.1, 0.15) is 15.9 Å². The van der Waals surface area contributed by atoms with Crippen LogP contribution in [0.15, 0.2) is 36.7 Å². The first-order valence-corrected chi connectivity index (χ1v) is 4.83. The van der Waals surface area contributed by atoms with E-state index in [4.69, 9.17) is 11.6 Å². The van der Waals surface area contributed by atoms with Crippen LogP contribution >= 0.6 is 11.6 Å². The summed E-state index contributed by atoms with van der Waals surface area (Å²) in [6, 6.07) is 5.74. The normalized spacial score (nSPS) is 10.1. The lowest BCUT2D eigenvalue weighted by molar-refractivity contribution is 0.103. The second kappa shape index (κ2) is 4.37. The predicted octanol–water partition coefficient (Wildman–Crippen LogP) is 2.50. The van der Waals surface area contributed by atoms with Crippen molar-refractivity contribution >= 4 is 17.4 Å². The Labute approximate surface area is 95.9 Å². The van der Waals surface area contributed by atoms with Crippen molar-refractivity contribution in [1.82, 2.24) is 9.97 Å². The van der Waals surface area contributed by atoms with Gasteiger partial charge in [0.2, 0.25) is 5.28 Å². The third-order valence-electron chi connectivity index (χ3n) is 2.00. The summed E-state index contributed by atoms with van der Waals surface area (Å²) in [7, 11) is 0. The summed E-state index contributed by atoms with van der Waals surface area (Å²) >= 11 is 5.49. The van der Waals surface area contributed by atoms with Crippen LogP contribution in [0.2, 0.25) is 5.28 Å². The zero-order chi connectivity index (χ0) is 11.5. The highest BCUT2D eigenvalue weighted by molar-refractivity contribution is 6.28. The number of hydrogen-bond donors (Lipinski definition) is 0. The summed E-state index contributed by atoms with van der Waals surface area (Å²) in [5, 5.41) is 0.0464. The van der Waals surface area contributed by atoms with Gasteiger partial charge in [0.15, 0.2) is 5.78 Å². The first kappa shape index (κ1) is 10.7. The van der Waals surface area contributed by atoms with Crippen LogP contribution < -0.4 is 0 Å². The molecule has 5 heteroatoms. The average Bonchev–Trinajstić information content (AvgIpc) is 2.30. The monoisotopic (exact) mass is 236 g/mol. The highest BCUT2D eigenvalue weighted by Gasteiger charge is 2.13. The minimum Gasteiger partial charge on any atom is -0.288 e. The number of halogens is 2. The third kappa shape index (κ3) is 2.06. The molecule has 0 aliphatic rings. The van der Waals surface area contributed by atoms with Crippen molar-refractivity contribution in [3.05, 3.63) is 58.9 Å². The SMILES string of the molecule is O=C(c1cnc(Cl)nc1)c1ccccc1F. The van der Waals surface area contributed by atoms with E-state index in [1.165, 1.54) is 30.6 Å². The molecule has 16 heavy (non-hydrogen) atoms. The number of ketones is 1. The Hall–Kier alpha value is -1.81. The van der Waals surface area contributed by atoms with E-state index in [-0.39, 0.29) is 16.4 Å².